The molecule has 0 aliphatic carbocycles. The van der Waals surface area contributed by atoms with Crippen molar-refractivity contribution in [3.63, 3.8) is 0 Å². The third-order valence-electron chi connectivity index (χ3n) is 5.21. The summed E-state index contributed by atoms with van der Waals surface area (Å²) in [4.78, 5) is 26.8. The van der Waals surface area contributed by atoms with Crippen molar-refractivity contribution < 1.29 is 29.3 Å². The first-order chi connectivity index (χ1) is 13.1. The fraction of sp³-hybridized carbons (Fsp3) is 0.364. The number of allylic oxidation sites excluding steroid dienone is 3. The first kappa shape index (κ1) is 19.7. The Bertz CT molecular complexity index is 948. The molecule has 1 aromatic rings. The summed E-state index contributed by atoms with van der Waals surface area (Å²) in [5.74, 6) is -1.77. The van der Waals surface area contributed by atoms with E-state index in [1.165, 1.54) is 0 Å². The van der Waals surface area contributed by atoms with Crippen LogP contribution < -0.4 is 4.74 Å². The van der Waals surface area contributed by atoms with Gasteiger partial charge in [-0.05, 0) is 39.7 Å². The van der Waals surface area contributed by atoms with Crippen LogP contribution in [0.3, 0.4) is 0 Å². The number of fused-ring (bicyclic) bond motifs is 2. The smallest absolute Gasteiger partial charge is 0.322 e. The summed E-state index contributed by atoms with van der Waals surface area (Å²) in [6, 6.07) is 2.20. The Morgan fingerprint density at radius 3 is 2.57 bits per heavy atom. The fourth-order valence-corrected chi connectivity index (χ4v) is 3.77. The first-order valence-electron chi connectivity index (χ1n) is 9.06. The van der Waals surface area contributed by atoms with Gasteiger partial charge in [0.1, 0.15) is 40.1 Å². The number of rotatable bonds is 3. The summed E-state index contributed by atoms with van der Waals surface area (Å²) in [7, 11) is 0. The number of ether oxygens (including phenoxy) is 2. The van der Waals surface area contributed by atoms with Crippen molar-refractivity contribution in [1.29, 1.82) is 0 Å². The van der Waals surface area contributed by atoms with Crippen molar-refractivity contribution >= 4 is 11.8 Å². The van der Waals surface area contributed by atoms with Crippen molar-refractivity contribution in [2.24, 2.45) is 5.41 Å². The number of hydrogen-bond donors (Lipinski definition) is 2. The highest BCUT2D eigenvalue weighted by atomic mass is 16.5. The summed E-state index contributed by atoms with van der Waals surface area (Å²) in [5.41, 5.74) is 0.468. The Hall–Kier alpha value is -3.02. The summed E-state index contributed by atoms with van der Waals surface area (Å²) in [6.45, 7) is 11.2. The standard InChI is InChI=1S/C22H24O6/c1-11(2)6-7-22-10-17(12(3)4)27-13(5)19(22)20(25)18-15(24)8-14(23)9-16(18)28-21(22)26/h6,8-9,17,23-24H,3,7,10H2,1-2,4-5H3. The highest BCUT2D eigenvalue weighted by Crippen LogP contribution is 2.51. The molecule has 2 aliphatic heterocycles. The minimum atomic E-state index is -1.28. The lowest BCUT2D eigenvalue weighted by Gasteiger charge is -2.39. The summed E-state index contributed by atoms with van der Waals surface area (Å²) >= 11 is 0. The van der Waals surface area contributed by atoms with E-state index in [0.717, 1.165) is 23.3 Å². The number of ketones is 1. The van der Waals surface area contributed by atoms with Gasteiger partial charge in [0.05, 0.1) is 5.57 Å². The molecule has 2 heterocycles. The summed E-state index contributed by atoms with van der Waals surface area (Å²) in [5, 5.41) is 20.1. The summed E-state index contributed by atoms with van der Waals surface area (Å²) in [6.07, 6.45) is 1.89. The van der Waals surface area contributed by atoms with E-state index in [1.54, 1.807) is 13.8 Å². The second kappa shape index (κ2) is 6.86. The molecule has 0 spiro atoms. The molecule has 0 radical (unpaired) electrons. The number of esters is 1. The van der Waals surface area contributed by atoms with Gasteiger partial charge in [-0.1, -0.05) is 18.2 Å². The Morgan fingerprint density at radius 2 is 1.96 bits per heavy atom. The SMILES string of the molecule is C=C(C)C1CC2(CC=C(C)C)C(=O)Oc3cc(O)cc(O)c3C(=O)C2=C(C)O1. The highest BCUT2D eigenvalue weighted by molar-refractivity contribution is 6.18. The molecule has 0 aromatic heterocycles. The maximum atomic E-state index is 13.4. The van der Waals surface area contributed by atoms with Gasteiger partial charge in [-0.2, -0.15) is 0 Å². The molecule has 2 unspecified atom stereocenters. The molecule has 0 amide bonds. The van der Waals surface area contributed by atoms with E-state index < -0.39 is 29.0 Å². The molecular formula is C22H24O6. The topological polar surface area (TPSA) is 93.1 Å². The molecule has 2 atom stereocenters. The third-order valence-corrected chi connectivity index (χ3v) is 5.21. The Labute approximate surface area is 163 Å². The third kappa shape index (κ3) is 3.09. The largest absolute Gasteiger partial charge is 0.508 e. The molecule has 1 aromatic carbocycles. The highest BCUT2D eigenvalue weighted by Gasteiger charge is 2.54. The number of benzene rings is 1. The monoisotopic (exact) mass is 384 g/mol. The zero-order valence-electron chi connectivity index (χ0n) is 16.5. The van der Waals surface area contributed by atoms with Crippen molar-refractivity contribution in [2.75, 3.05) is 0 Å². The van der Waals surface area contributed by atoms with Gasteiger partial charge in [0.15, 0.2) is 0 Å². The maximum Gasteiger partial charge on any atom is 0.322 e. The van der Waals surface area contributed by atoms with Crippen LogP contribution >= 0.6 is 0 Å². The Kier molecular flexibility index (Phi) is 4.83. The van der Waals surface area contributed by atoms with Crippen molar-refractivity contribution in [3.05, 3.63) is 52.8 Å². The number of phenols is 2. The zero-order chi connectivity index (χ0) is 20.8. The number of aromatic hydroxyl groups is 2. The van der Waals surface area contributed by atoms with Gasteiger partial charge in [-0.25, -0.2) is 0 Å². The van der Waals surface area contributed by atoms with E-state index in [1.807, 2.05) is 19.9 Å². The molecule has 148 valence electrons. The van der Waals surface area contributed by atoms with E-state index in [4.69, 9.17) is 9.47 Å². The molecule has 2 N–H and O–H groups in total. The van der Waals surface area contributed by atoms with Crippen molar-refractivity contribution in [3.8, 4) is 17.2 Å². The molecular weight excluding hydrogens is 360 g/mol. The number of phenolic OH excluding ortho intramolecular Hbond substituents is 2. The molecule has 0 bridgehead atoms. The van der Waals surface area contributed by atoms with E-state index >= 15 is 0 Å². The van der Waals surface area contributed by atoms with E-state index in [0.29, 0.717) is 5.76 Å². The van der Waals surface area contributed by atoms with Crippen LogP contribution in [0.2, 0.25) is 0 Å². The molecule has 6 heteroatoms. The van der Waals surface area contributed by atoms with Crippen molar-refractivity contribution in [2.45, 2.75) is 46.6 Å². The van der Waals surface area contributed by atoms with Crippen molar-refractivity contribution in [1.82, 2.24) is 0 Å². The predicted molar refractivity (Wildman–Crippen MR) is 103 cm³/mol. The van der Waals surface area contributed by atoms with Crippen LogP contribution in [0.4, 0.5) is 0 Å². The molecule has 0 fully saturated rings. The average Bonchev–Trinajstić information content (AvgIpc) is 2.66. The molecule has 2 aliphatic rings. The number of carbonyl (C=O) groups excluding carboxylic acids is 2. The number of carbonyl (C=O) groups is 2. The van der Waals surface area contributed by atoms with Crippen LogP contribution in [-0.4, -0.2) is 28.1 Å². The lowest BCUT2D eigenvalue weighted by Crippen LogP contribution is -2.44. The Morgan fingerprint density at radius 1 is 1.29 bits per heavy atom. The second-order valence-electron chi connectivity index (χ2n) is 7.71. The van der Waals surface area contributed by atoms with Crippen LogP contribution in [0, 0.1) is 5.41 Å². The summed E-state index contributed by atoms with van der Waals surface area (Å²) < 4.78 is 11.4. The molecule has 3 rings (SSSR count). The van der Waals surface area contributed by atoms with Gasteiger partial charge in [0, 0.05) is 18.6 Å². The molecule has 28 heavy (non-hydrogen) atoms. The molecule has 6 nitrogen and oxygen atoms in total. The van der Waals surface area contributed by atoms with Crippen LogP contribution in [0.1, 0.15) is 50.9 Å². The Balaban J connectivity index is 2.29. The minimum absolute atomic E-state index is 0.156. The maximum absolute atomic E-state index is 13.4. The van der Waals surface area contributed by atoms with Gasteiger partial charge in [-0.3, -0.25) is 9.59 Å². The normalized spacial score (nSPS) is 23.8. The van der Waals surface area contributed by atoms with Gasteiger partial charge >= 0.3 is 5.97 Å². The van der Waals surface area contributed by atoms with Crippen LogP contribution in [0.25, 0.3) is 0 Å². The van der Waals surface area contributed by atoms with Gasteiger partial charge in [0.2, 0.25) is 5.78 Å². The van der Waals surface area contributed by atoms with Gasteiger partial charge in [-0.15, -0.1) is 0 Å². The lowest BCUT2D eigenvalue weighted by atomic mass is 9.68. The number of hydrogen-bond acceptors (Lipinski definition) is 6. The predicted octanol–water partition coefficient (Wildman–Crippen LogP) is 4.18. The first-order valence-corrected chi connectivity index (χ1v) is 9.06. The van der Waals surface area contributed by atoms with E-state index in [9.17, 15) is 19.8 Å². The fourth-order valence-electron chi connectivity index (χ4n) is 3.77. The van der Waals surface area contributed by atoms with Gasteiger partial charge < -0.3 is 19.7 Å². The van der Waals surface area contributed by atoms with Crippen LogP contribution in [-0.2, 0) is 9.53 Å². The van der Waals surface area contributed by atoms with Gasteiger partial charge in [0.25, 0.3) is 0 Å². The van der Waals surface area contributed by atoms with E-state index in [2.05, 4.69) is 6.58 Å². The second-order valence-corrected chi connectivity index (χ2v) is 7.71. The lowest BCUT2D eigenvalue weighted by molar-refractivity contribution is -0.146. The quantitative estimate of drug-likeness (QED) is 0.461. The molecule has 0 saturated carbocycles. The molecule has 0 saturated heterocycles. The minimum Gasteiger partial charge on any atom is -0.508 e. The van der Waals surface area contributed by atoms with E-state index in [-0.39, 0.29) is 35.5 Å². The zero-order valence-corrected chi connectivity index (χ0v) is 16.5. The van der Waals surface area contributed by atoms with Crippen LogP contribution in [0.15, 0.2) is 47.3 Å². The number of Topliss-reactive ketones (excluding diaryl/α,β-unsaturated/α-hetero) is 1. The van der Waals surface area contributed by atoms with Crippen LogP contribution in [0.5, 0.6) is 17.2 Å². The average molecular weight is 384 g/mol.